The molecule has 8 heteroatoms. The predicted molar refractivity (Wildman–Crippen MR) is 93.0 cm³/mol. The van der Waals surface area contributed by atoms with Gasteiger partial charge in [-0.15, -0.1) is 0 Å². The molecule has 1 atom stereocenters. The van der Waals surface area contributed by atoms with Crippen LogP contribution in [-0.4, -0.2) is 42.0 Å². The van der Waals surface area contributed by atoms with Gasteiger partial charge in [0.2, 0.25) is 0 Å². The number of nitrogens with one attached hydrogen (secondary N) is 1. The van der Waals surface area contributed by atoms with Crippen LogP contribution in [0, 0.1) is 0 Å². The maximum atomic E-state index is 12.1. The van der Waals surface area contributed by atoms with Crippen molar-refractivity contribution in [2.75, 3.05) is 31.4 Å². The molecule has 1 unspecified atom stereocenters. The smallest absolute Gasteiger partial charge is 0.330 e. The van der Waals surface area contributed by atoms with Gasteiger partial charge in [-0.05, 0) is 12.1 Å². The maximum absolute atomic E-state index is 12.1. The Morgan fingerprint density at radius 1 is 1.39 bits per heavy atom. The van der Waals surface area contributed by atoms with Crippen molar-refractivity contribution in [3.63, 3.8) is 0 Å². The third-order valence-corrected chi connectivity index (χ3v) is 4.70. The van der Waals surface area contributed by atoms with Crippen molar-refractivity contribution < 1.29 is 19.2 Å². The van der Waals surface area contributed by atoms with Crippen LogP contribution in [0.1, 0.15) is 13.8 Å². The second-order valence-corrected chi connectivity index (χ2v) is 6.37. The van der Waals surface area contributed by atoms with Crippen LogP contribution in [0.25, 0.3) is 0 Å². The van der Waals surface area contributed by atoms with Crippen molar-refractivity contribution in [2.45, 2.75) is 13.8 Å². The number of hydrogen-bond acceptors (Lipinski definition) is 4. The molecule has 1 rings (SSSR count). The minimum atomic E-state index is -2.94. The summed E-state index contributed by atoms with van der Waals surface area (Å²) in [6.07, 6.45) is 1.05. The highest BCUT2D eigenvalue weighted by Gasteiger charge is 2.22. The summed E-state index contributed by atoms with van der Waals surface area (Å²) >= 11 is 0. The lowest BCUT2D eigenvalue weighted by Crippen LogP contribution is -2.27. The van der Waals surface area contributed by atoms with Gasteiger partial charge in [0.15, 0.2) is 0 Å². The van der Waals surface area contributed by atoms with Crippen LogP contribution in [0.3, 0.4) is 0 Å². The molecule has 0 saturated heterocycles. The number of rotatable bonds is 8. The summed E-state index contributed by atoms with van der Waals surface area (Å²) in [4.78, 5) is 10.1. The molecule has 1 aromatic carbocycles. The van der Waals surface area contributed by atoms with E-state index < -0.39 is 13.6 Å². The van der Waals surface area contributed by atoms with Crippen LogP contribution in [-0.2, 0) is 14.1 Å². The van der Waals surface area contributed by atoms with E-state index in [-0.39, 0.29) is 13.2 Å². The van der Waals surface area contributed by atoms with Crippen LogP contribution >= 0.6 is 7.59 Å². The van der Waals surface area contributed by atoms with Crippen LogP contribution in [0.15, 0.2) is 43.0 Å². The average molecular weight is 343 g/mol. The summed E-state index contributed by atoms with van der Waals surface area (Å²) < 4.78 is 18.2. The molecule has 0 aliphatic rings. The van der Waals surface area contributed by atoms with Crippen LogP contribution in [0.2, 0.25) is 0 Å². The highest BCUT2D eigenvalue weighted by molar-refractivity contribution is 7.60. The number of nitrogens with two attached hydrogens (primary N) is 1. The molecule has 0 bridgehead atoms. The molecule has 0 fully saturated rings. The SMILES string of the molecule is C=CC(=O)OCCO.CCN(CC)P(N)(=O)Nc1ccccc1. The lowest BCUT2D eigenvalue weighted by molar-refractivity contribution is -0.138. The average Bonchev–Trinajstić information content (AvgIpc) is 2.54. The summed E-state index contributed by atoms with van der Waals surface area (Å²) in [5, 5.41) is 11.0. The van der Waals surface area contributed by atoms with Crippen molar-refractivity contribution >= 4 is 19.3 Å². The second-order valence-electron chi connectivity index (χ2n) is 4.33. The first-order valence-electron chi connectivity index (χ1n) is 7.28. The molecule has 0 aliphatic carbocycles. The van der Waals surface area contributed by atoms with Crippen molar-refractivity contribution in [3.05, 3.63) is 43.0 Å². The zero-order chi connectivity index (χ0) is 17.7. The molecule has 7 nitrogen and oxygen atoms in total. The largest absolute Gasteiger partial charge is 0.460 e. The number of hydrogen-bond donors (Lipinski definition) is 3. The van der Waals surface area contributed by atoms with E-state index in [9.17, 15) is 9.36 Å². The van der Waals surface area contributed by atoms with Gasteiger partial charge >= 0.3 is 13.6 Å². The molecule has 1 aromatic rings. The van der Waals surface area contributed by atoms with E-state index in [1.165, 1.54) is 0 Å². The normalized spacial score (nSPS) is 12.6. The van der Waals surface area contributed by atoms with Gasteiger partial charge in [-0.2, -0.15) is 0 Å². The van der Waals surface area contributed by atoms with Crippen molar-refractivity contribution in [3.8, 4) is 0 Å². The molecular weight excluding hydrogens is 317 g/mol. The molecule has 0 aliphatic heterocycles. The first kappa shape index (κ1) is 21.3. The Balaban J connectivity index is 0.000000515. The highest BCUT2D eigenvalue weighted by Crippen LogP contribution is 2.40. The lowest BCUT2D eigenvalue weighted by Gasteiger charge is -2.26. The Labute approximate surface area is 137 Å². The molecule has 0 heterocycles. The minimum Gasteiger partial charge on any atom is -0.460 e. The number of anilines is 1. The molecule has 4 N–H and O–H groups in total. The topological polar surface area (TPSA) is 105 Å². The molecule has 130 valence electrons. The maximum Gasteiger partial charge on any atom is 0.330 e. The number of para-hydroxylation sites is 1. The van der Waals surface area contributed by atoms with Gasteiger partial charge in [0.05, 0.1) is 6.61 Å². The monoisotopic (exact) mass is 343 g/mol. The summed E-state index contributed by atoms with van der Waals surface area (Å²) in [5.74, 6) is -0.501. The van der Waals surface area contributed by atoms with E-state index >= 15 is 0 Å². The molecular formula is C15H26N3O4P. The Morgan fingerprint density at radius 3 is 2.39 bits per heavy atom. The van der Waals surface area contributed by atoms with E-state index in [2.05, 4.69) is 16.4 Å². The third kappa shape index (κ3) is 9.15. The number of benzene rings is 1. The summed E-state index contributed by atoms with van der Waals surface area (Å²) in [6, 6.07) is 9.37. The van der Waals surface area contributed by atoms with Crippen molar-refractivity contribution in [2.24, 2.45) is 5.50 Å². The number of carbonyl (C=O) groups is 1. The molecule has 0 radical (unpaired) electrons. The number of aliphatic hydroxyl groups is 1. The lowest BCUT2D eigenvalue weighted by atomic mass is 10.3. The van der Waals surface area contributed by atoms with Gasteiger partial charge in [-0.1, -0.05) is 38.6 Å². The zero-order valence-electron chi connectivity index (χ0n) is 13.6. The fourth-order valence-electron chi connectivity index (χ4n) is 1.62. The van der Waals surface area contributed by atoms with E-state index in [1.54, 1.807) is 4.67 Å². The number of esters is 1. The Kier molecular flexibility index (Phi) is 11.0. The quantitative estimate of drug-likeness (QED) is 0.377. The Hall–Kier alpha value is -1.66. The highest BCUT2D eigenvalue weighted by atomic mass is 31.2. The van der Waals surface area contributed by atoms with Gasteiger partial charge < -0.3 is 14.9 Å². The number of aliphatic hydroxyl groups excluding tert-OH is 1. The van der Waals surface area contributed by atoms with Crippen LogP contribution < -0.4 is 10.6 Å². The summed E-state index contributed by atoms with van der Waals surface area (Å²) in [6.45, 7) is 8.29. The van der Waals surface area contributed by atoms with Gasteiger partial charge in [0.25, 0.3) is 0 Å². The first-order chi connectivity index (χ1) is 10.9. The van der Waals surface area contributed by atoms with Gasteiger partial charge in [-0.25, -0.2) is 9.46 Å². The van der Waals surface area contributed by atoms with Crippen molar-refractivity contribution in [1.82, 2.24) is 4.67 Å². The molecule has 0 saturated carbocycles. The zero-order valence-corrected chi connectivity index (χ0v) is 14.5. The molecule has 0 amide bonds. The first-order valence-corrected chi connectivity index (χ1v) is 9.01. The Morgan fingerprint density at radius 2 is 1.96 bits per heavy atom. The van der Waals surface area contributed by atoms with Crippen molar-refractivity contribution in [1.29, 1.82) is 0 Å². The van der Waals surface area contributed by atoms with Gasteiger partial charge in [0, 0.05) is 24.9 Å². The van der Waals surface area contributed by atoms with Gasteiger partial charge in [0.1, 0.15) is 6.61 Å². The minimum absolute atomic E-state index is 0.0465. The van der Waals surface area contributed by atoms with E-state index in [0.29, 0.717) is 13.1 Å². The second kappa shape index (κ2) is 11.8. The standard InChI is InChI=1S/C10H18N3OP.C5H8O3/c1-3-13(4-2)15(11,14)12-10-8-6-5-7-9-10;1-2-5(7)8-4-3-6/h5-9H,3-4H2,1-2H3,(H3,11,12,14);2,6H,1,3-4H2. The fourth-order valence-corrected chi connectivity index (χ4v) is 3.12. The van der Waals surface area contributed by atoms with E-state index in [1.807, 2.05) is 44.2 Å². The van der Waals surface area contributed by atoms with E-state index in [0.717, 1.165) is 11.8 Å². The van der Waals surface area contributed by atoms with Gasteiger partial charge in [-0.3, -0.25) is 10.1 Å². The van der Waals surface area contributed by atoms with E-state index in [4.69, 9.17) is 10.6 Å². The summed E-state index contributed by atoms with van der Waals surface area (Å²) in [5.41, 5.74) is 6.57. The molecule has 0 aromatic heterocycles. The Bertz CT molecular complexity index is 507. The fraction of sp³-hybridized carbons (Fsp3) is 0.400. The summed E-state index contributed by atoms with van der Waals surface area (Å²) in [7, 11) is -2.94. The third-order valence-electron chi connectivity index (χ3n) is 2.72. The number of carbonyl (C=O) groups excluding carboxylic acids is 1. The molecule has 23 heavy (non-hydrogen) atoms. The van der Waals surface area contributed by atoms with Crippen LogP contribution in [0.5, 0.6) is 0 Å². The van der Waals surface area contributed by atoms with Crippen LogP contribution in [0.4, 0.5) is 5.69 Å². The molecule has 0 spiro atoms. The number of nitrogens with zero attached hydrogens (tertiary/aromatic N) is 1. The number of ether oxygens (including phenoxy) is 1. The predicted octanol–water partition coefficient (Wildman–Crippen LogP) is 2.21.